The maximum absolute atomic E-state index is 11.3. The summed E-state index contributed by atoms with van der Waals surface area (Å²) in [5, 5.41) is 2.87. The molecular formula is C14H19N3O2S. The van der Waals surface area contributed by atoms with Gasteiger partial charge in [-0.05, 0) is 17.7 Å². The number of nitrogens with two attached hydrogens (primary N) is 1. The van der Waals surface area contributed by atoms with E-state index in [0.29, 0.717) is 23.7 Å². The van der Waals surface area contributed by atoms with E-state index in [9.17, 15) is 4.79 Å². The fourth-order valence-corrected chi connectivity index (χ4v) is 2.44. The fraction of sp³-hybridized carbons (Fsp3) is 0.429. The molecule has 20 heavy (non-hydrogen) atoms. The maximum Gasteiger partial charge on any atom is 0.221 e. The second-order valence-electron chi connectivity index (χ2n) is 4.77. The Balaban J connectivity index is 2.11. The van der Waals surface area contributed by atoms with Crippen LogP contribution in [-0.4, -0.2) is 42.5 Å². The number of carbonyl (C=O) groups excluding carboxylic acids is 1. The molecule has 0 aliphatic carbocycles. The molecule has 1 saturated heterocycles. The lowest BCUT2D eigenvalue weighted by atomic mass is 10.1. The molecule has 0 unspecified atom stereocenters. The van der Waals surface area contributed by atoms with Crippen LogP contribution in [0, 0.1) is 0 Å². The Morgan fingerprint density at radius 3 is 3.00 bits per heavy atom. The van der Waals surface area contributed by atoms with E-state index in [1.807, 2.05) is 18.2 Å². The third-order valence-electron chi connectivity index (χ3n) is 3.34. The van der Waals surface area contributed by atoms with Crippen LogP contribution in [0.25, 0.3) is 0 Å². The van der Waals surface area contributed by atoms with Gasteiger partial charge in [-0.3, -0.25) is 9.69 Å². The van der Waals surface area contributed by atoms with Crippen molar-refractivity contribution >= 4 is 23.1 Å². The minimum atomic E-state index is 0.117. The number of nitrogens with zero attached hydrogens (tertiary/aromatic N) is 1. The monoisotopic (exact) mass is 293 g/mol. The van der Waals surface area contributed by atoms with Gasteiger partial charge >= 0.3 is 0 Å². The van der Waals surface area contributed by atoms with Gasteiger partial charge in [0.15, 0.2) is 0 Å². The lowest BCUT2D eigenvalue weighted by molar-refractivity contribution is -0.120. The summed E-state index contributed by atoms with van der Waals surface area (Å²) in [6.45, 7) is 3.08. The molecule has 1 amide bonds. The average Bonchev–Trinajstić information content (AvgIpc) is 2.63. The summed E-state index contributed by atoms with van der Waals surface area (Å²) in [7, 11) is 1.60. The molecule has 6 heteroatoms. The largest absolute Gasteiger partial charge is 0.496 e. The SMILES string of the molecule is COc1ccc(CN2CCNC(=O)CC2)cc1C(N)=S. The van der Waals surface area contributed by atoms with Gasteiger partial charge in [0.05, 0.1) is 12.7 Å². The van der Waals surface area contributed by atoms with Crippen molar-refractivity contribution in [3.05, 3.63) is 29.3 Å². The number of carbonyl (C=O) groups is 1. The highest BCUT2D eigenvalue weighted by molar-refractivity contribution is 7.80. The molecule has 1 aromatic rings. The van der Waals surface area contributed by atoms with Crippen molar-refractivity contribution in [2.75, 3.05) is 26.7 Å². The molecular weight excluding hydrogens is 274 g/mol. The Morgan fingerprint density at radius 2 is 2.30 bits per heavy atom. The van der Waals surface area contributed by atoms with Crippen LogP contribution >= 0.6 is 12.2 Å². The van der Waals surface area contributed by atoms with Gasteiger partial charge in [-0.2, -0.15) is 0 Å². The summed E-state index contributed by atoms with van der Waals surface area (Å²) >= 11 is 5.05. The smallest absolute Gasteiger partial charge is 0.221 e. The Hall–Kier alpha value is -1.66. The highest BCUT2D eigenvalue weighted by Gasteiger charge is 2.14. The van der Waals surface area contributed by atoms with Gasteiger partial charge < -0.3 is 15.8 Å². The van der Waals surface area contributed by atoms with Crippen molar-refractivity contribution < 1.29 is 9.53 Å². The lowest BCUT2D eigenvalue weighted by Crippen LogP contribution is -2.28. The van der Waals surface area contributed by atoms with E-state index in [0.717, 1.165) is 30.8 Å². The molecule has 0 aromatic heterocycles. The molecule has 3 N–H and O–H groups in total. The topological polar surface area (TPSA) is 67.6 Å². The maximum atomic E-state index is 11.3. The molecule has 0 spiro atoms. The number of amides is 1. The number of hydrogen-bond acceptors (Lipinski definition) is 4. The van der Waals surface area contributed by atoms with Gasteiger partial charge in [0.2, 0.25) is 5.91 Å². The summed E-state index contributed by atoms with van der Waals surface area (Å²) in [5.41, 5.74) is 7.59. The van der Waals surface area contributed by atoms with Crippen LogP contribution in [0.5, 0.6) is 5.75 Å². The first kappa shape index (κ1) is 14.7. The van der Waals surface area contributed by atoms with Crippen molar-refractivity contribution in [1.29, 1.82) is 0 Å². The number of rotatable bonds is 4. The normalized spacial score (nSPS) is 16.4. The first-order valence-corrected chi connectivity index (χ1v) is 6.96. The number of thiocarbonyl (C=S) groups is 1. The van der Waals surface area contributed by atoms with E-state index < -0.39 is 0 Å². The van der Waals surface area contributed by atoms with Crippen LogP contribution < -0.4 is 15.8 Å². The first-order valence-electron chi connectivity index (χ1n) is 6.56. The second-order valence-corrected chi connectivity index (χ2v) is 5.21. The zero-order valence-corrected chi connectivity index (χ0v) is 12.3. The molecule has 1 heterocycles. The van der Waals surface area contributed by atoms with E-state index in [2.05, 4.69) is 10.2 Å². The summed E-state index contributed by atoms with van der Waals surface area (Å²) in [5.74, 6) is 0.806. The molecule has 1 aromatic carbocycles. The second kappa shape index (κ2) is 6.67. The average molecular weight is 293 g/mol. The van der Waals surface area contributed by atoms with Gasteiger partial charge in [0.1, 0.15) is 10.7 Å². The number of ether oxygens (including phenoxy) is 1. The highest BCUT2D eigenvalue weighted by atomic mass is 32.1. The van der Waals surface area contributed by atoms with Crippen molar-refractivity contribution in [2.24, 2.45) is 5.73 Å². The van der Waals surface area contributed by atoms with E-state index in [4.69, 9.17) is 22.7 Å². The summed E-state index contributed by atoms with van der Waals surface area (Å²) in [4.78, 5) is 13.9. The molecule has 0 radical (unpaired) electrons. The summed E-state index contributed by atoms with van der Waals surface area (Å²) in [6, 6.07) is 5.84. The first-order chi connectivity index (χ1) is 9.60. The molecule has 2 rings (SSSR count). The number of nitrogens with one attached hydrogen (secondary N) is 1. The summed E-state index contributed by atoms with van der Waals surface area (Å²) in [6.07, 6.45) is 0.540. The summed E-state index contributed by atoms with van der Waals surface area (Å²) < 4.78 is 5.25. The van der Waals surface area contributed by atoms with Crippen LogP contribution in [0.3, 0.4) is 0 Å². The molecule has 1 aliphatic heterocycles. The quantitative estimate of drug-likeness (QED) is 0.798. The fourth-order valence-electron chi connectivity index (χ4n) is 2.28. The van der Waals surface area contributed by atoms with E-state index >= 15 is 0 Å². The lowest BCUT2D eigenvalue weighted by Gasteiger charge is -2.19. The molecule has 108 valence electrons. The number of hydrogen-bond donors (Lipinski definition) is 2. The zero-order valence-electron chi connectivity index (χ0n) is 11.5. The van der Waals surface area contributed by atoms with Gasteiger partial charge in [0.25, 0.3) is 0 Å². The predicted molar refractivity (Wildman–Crippen MR) is 81.8 cm³/mol. The van der Waals surface area contributed by atoms with Crippen molar-refractivity contribution in [3.63, 3.8) is 0 Å². The molecule has 1 fully saturated rings. The Kier molecular flexibility index (Phi) is 4.92. The van der Waals surface area contributed by atoms with Gasteiger partial charge in [-0.15, -0.1) is 0 Å². The van der Waals surface area contributed by atoms with Crippen molar-refractivity contribution in [3.8, 4) is 5.75 Å². The van der Waals surface area contributed by atoms with Crippen LogP contribution in [0.15, 0.2) is 18.2 Å². The third-order valence-corrected chi connectivity index (χ3v) is 3.56. The van der Waals surface area contributed by atoms with Crippen LogP contribution in [0.4, 0.5) is 0 Å². The van der Waals surface area contributed by atoms with E-state index in [-0.39, 0.29) is 5.91 Å². The third kappa shape index (κ3) is 3.68. The molecule has 0 saturated carbocycles. The minimum Gasteiger partial charge on any atom is -0.496 e. The zero-order chi connectivity index (χ0) is 14.5. The van der Waals surface area contributed by atoms with Crippen molar-refractivity contribution in [2.45, 2.75) is 13.0 Å². The van der Waals surface area contributed by atoms with Gasteiger partial charge in [-0.1, -0.05) is 18.3 Å². The van der Waals surface area contributed by atoms with Crippen LogP contribution in [-0.2, 0) is 11.3 Å². The molecule has 0 bridgehead atoms. The molecule has 1 aliphatic rings. The Morgan fingerprint density at radius 1 is 1.50 bits per heavy atom. The number of methoxy groups -OCH3 is 1. The number of benzene rings is 1. The Labute approximate surface area is 124 Å². The standard InChI is InChI=1S/C14H19N3O2S/c1-19-12-3-2-10(8-11(12)14(15)20)9-17-6-4-13(18)16-5-7-17/h2-3,8H,4-7,9H2,1H3,(H2,15,20)(H,16,18). The molecule has 5 nitrogen and oxygen atoms in total. The highest BCUT2D eigenvalue weighted by Crippen LogP contribution is 2.20. The minimum absolute atomic E-state index is 0.117. The van der Waals surface area contributed by atoms with Crippen LogP contribution in [0.1, 0.15) is 17.5 Å². The van der Waals surface area contributed by atoms with Crippen molar-refractivity contribution in [1.82, 2.24) is 10.2 Å². The predicted octanol–water partition coefficient (Wildman–Crippen LogP) is 0.651. The van der Waals surface area contributed by atoms with Gasteiger partial charge in [-0.25, -0.2) is 0 Å². The van der Waals surface area contributed by atoms with E-state index in [1.165, 1.54) is 0 Å². The van der Waals surface area contributed by atoms with Gasteiger partial charge in [0, 0.05) is 32.6 Å². The van der Waals surface area contributed by atoms with E-state index in [1.54, 1.807) is 7.11 Å². The molecule has 0 atom stereocenters. The Bertz CT molecular complexity index is 519. The van der Waals surface area contributed by atoms with Crippen LogP contribution in [0.2, 0.25) is 0 Å².